The molecule has 1 aliphatic heterocycles. The number of hydrogen-bond acceptors (Lipinski definition) is 6. The predicted octanol–water partition coefficient (Wildman–Crippen LogP) is 6.45. The first-order chi connectivity index (χ1) is 16.5. The zero-order chi connectivity index (χ0) is 23.7. The van der Waals surface area contributed by atoms with E-state index in [9.17, 15) is 4.79 Å². The van der Waals surface area contributed by atoms with Gasteiger partial charge in [-0.15, -0.1) is 5.10 Å². The highest BCUT2D eigenvalue weighted by atomic mass is 79.9. The normalized spacial score (nSPS) is 17.3. The van der Waals surface area contributed by atoms with Crippen molar-refractivity contribution in [2.75, 3.05) is 11.1 Å². The number of ether oxygens (including phenoxy) is 1. The van der Waals surface area contributed by atoms with Gasteiger partial charge in [0, 0.05) is 33.5 Å². The zero-order valence-corrected chi connectivity index (χ0v) is 21.7. The van der Waals surface area contributed by atoms with Crippen molar-refractivity contribution >= 4 is 39.4 Å². The fourth-order valence-electron chi connectivity index (χ4n) is 4.39. The highest BCUT2D eigenvalue weighted by Crippen LogP contribution is 2.44. The van der Waals surface area contributed by atoms with E-state index < -0.39 is 0 Å². The van der Waals surface area contributed by atoms with E-state index in [0.29, 0.717) is 19.0 Å². The summed E-state index contributed by atoms with van der Waals surface area (Å²) in [5.74, 6) is 2.53. The first-order valence-corrected chi connectivity index (χ1v) is 13.4. The summed E-state index contributed by atoms with van der Waals surface area (Å²) >= 11 is 5.26. The van der Waals surface area contributed by atoms with Crippen LogP contribution in [-0.2, 0) is 11.4 Å². The second-order valence-electron chi connectivity index (χ2n) is 8.66. The number of nitrogens with one attached hydrogen (secondary N) is 1. The number of ketones is 1. The molecule has 1 N–H and O–H groups in total. The van der Waals surface area contributed by atoms with E-state index in [2.05, 4.69) is 59.4 Å². The van der Waals surface area contributed by atoms with E-state index in [-0.39, 0.29) is 11.8 Å². The molecule has 176 valence electrons. The topological polar surface area (TPSA) is 69.0 Å². The van der Waals surface area contributed by atoms with Crippen molar-refractivity contribution in [2.24, 2.45) is 0 Å². The van der Waals surface area contributed by atoms with Crippen LogP contribution in [0.2, 0.25) is 0 Å². The number of benzene rings is 2. The Kier molecular flexibility index (Phi) is 6.79. The molecule has 0 radical (unpaired) electrons. The third-order valence-electron chi connectivity index (χ3n) is 6.07. The van der Waals surface area contributed by atoms with Crippen molar-refractivity contribution in [1.29, 1.82) is 0 Å². The fourth-order valence-corrected chi connectivity index (χ4v) is 5.45. The Bertz CT molecular complexity index is 1250. The molecule has 1 aliphatic carbocycles. The van der Waals surface area contributed by atoms with Crippen LogP contribution in [0.1, 0.15) is 55.3 Å². The summed E-state index contributed by atoms with van der Waals surface area (Å²) in [7, 11) is 0. The minimum atomic E-state index is -0.381. The SMILES string of the molecule is CCCSc1nc2n(n1)C(c1cc(Br)ccc1OCc1ccc(C)cc1)C1=C(CCCC1=O)N2. The van der Waals surface area contributed by atoms with Crippen LogP contribution in [0.25, 0.3) is 0 Å². The average Bonchev–Trinajstić information content (AvgIpc) is 3.24. The fraction of sp³-hybridized carbons (Fsp3) is 0.346. The number of thioether (sulfide) groups is 1. The van der Waals surface area contributed by atoms with Crippen molar-refractivity contribution in [2.45, 2.75) is 57.3 Å². The van der Waals surface area contributed by atoms with Gasteiger partial charge < -0.3 is 10.1 Å². The number of rotatable bonds is 7. The number of nitrogens with zero attached hydrogens (tertiary/aromatic N) is 3. The van der Waals surface area contributed by atoms with Gasteiger partial charge in [0.2, 0.25) is 11.1 Å². The summed E-state index contributed by atoms with van der Waals surface area (Å²) in [4.78, 5) is 17.9. The van der Waals surface area contributed by atoms with E-state index in [1.54, 1.807) is 11.8 Å². The molecule has 3 aromatic rings. The maximum Gasteiger partial charge on any atom is 0.227 e. The van der Waals surface area contributed by atoms with Crippen LogP contribution in [0, 0.1) is 6.92 Å². The Labute approximate surface area is 212 Å². The Morgan fingerprint density at radius 1 is 1.21 bits per heavy atom. The van der Waals surface area contributed by atoms with Crippen molar-refractivity contribution in [3.63, 3.8) is 0 Å². The summed E-state index contributed by atoms with van der Waals surface area (Å²) in [6.07, 6.45) is 3.26. The van der Waals surface area contributed by atoms with Crippen LogP contribution in [0.15, 0.2) is 63.4 Å². The lowest BCUT2D eigenvalue weighted by molar-refractivity contribution is -0.116. The summed E-state index contributed by atoms with van der Waals surface area (Å²) in [5.41, 5.74) is 4.95. The number of Topliss-reactive ketones (excluding diaryl/α,β-unsaturated/α-hetero) is 1. The molecule has 1 aromatic heterocycles. The summed E-state index contributed by atoms with van der Waals surface area (Å²) < 4.78 is 9.12. The standard InChI is InChI=1S/C26H27BrN4O2S/c1-3-13-34-26-29-25-28-20-5-4-6-21(32)23(20)24(31(25)30-26)19-14-18(27)11-12-22(19)33-15-17-9-7-16(2)8-10-17/h7-12,14,24H,3-6,13,15H2,1-2H3,(H,28,29,30). The van der Waals surface area contributed by atoms with Gasteiger partial charge in [-0.05, 0) is 49.9 Å². The lowest BCUT2D eigenvalue weighted by Crippen LogP contribution is -2.31. The number of fused-ring (bicyclic) bond motifs is 1. The molecule has 2 heterocycles. The van der Waals surface area contributed by atoms with Gasteiger partial charge in [-0.1, -0.05) is 64.4 Å². The van der Waals surface area contributed by atoms with Gasteiger partial charge in [-0.3, -0.25) is 4.79 Å². The van der Waals surface area contributed by atoms with Gasteiger partial charge in [-0.25, -0.2) is 4.68 Å². The zero-order valence-electron chi connectivity index (χ0n) is 19.3. The number of aromatic nitrogens is 3. The number of anilines is 1. The van der Waals surface area contributed by atoms with Crippen LogP contribution < -0.4 is 10.1 Å². The van der Waals surface area contributed by atoms with Crippen molar-refractivity contribution in [3.05, 3.63) is 74.9 Å². The maximum absolute atomic E-state index is 13.2. The van der Waals surface area contributed by atoms with Gasteiger partial charge in [0.1, 0.15) is 18.4 Å². The lowest BCUT2D eigenvalue weighted by atomic mass is 9.85. The number of aryl methyl sites for hydroxylation is 1. The van der Waals surface area contributed by atoms with Crippen LogP contribution in [-0.4, -0.2) is 26.3 Å². The number of carbonyl (C=O) groups excluding carboxylic acids is 1. The molecule has 1 unspecified atom stereocenters. The summed E-state index contributed by atoms with van der Waals surface area (Å²) in [6, 6.07) is 13.9. The van der Waals surface area contributed by atoms with Crippen LogP contribution in [0.3, 0.4) is 0 Å². The molecule has 0 saturated carbocycles. The summed E-state index contributed by atoms with van der Waals surface area (Å²) in [6.45, 7) is 4.66. The molecule has 5 rings (SSSR count). The Hall–Kier alpha value is -2.58. The molecule has 2 aromatic carbocycles. The molecule has 0 spiro atoms. The Morgan fingerprint density at radius 2 is 2.03 bits per heavy atom. The van der Waals surface area contributed by atoms with Gasteiger partial charge in [0.25, 0.3) is 0 Å². The molecule has 34 heavy (non-hydrogen) atoms. The maximum atomic E-state index is 13.2. The molecule has 6 nitrogen and oxygen atoms in total. The largest absolute Gasteiger partial charge is 0.489 e. The van der Waals surface area contributed by atoms with E-state index in [4.69, 9.17) is 14.8 Å². The lowest BCUT2D eigenvalue weighted by Gasteiger charge is -2.33. The van der Waals surface area contributed by atoms with Gasteiger partial charge >= 0.3 is 0 Å². The van der Waals surface area contributed by atoms with E-state index in [0.717, 1.165) is 62.8 Å². The van der Waals surface area contributed by atoms with Crippen molar-refractivity contribution < 1.29 is 9.53 Å². The predicted molar refractivity (Wildman–Crippen MR) is 138 cm³/mol. The first kappa shape index (κ1) is 23.2. The van der Waals surface area contributed by atoms with Gasteiger partial charge in [0.05, 0.1) is 0 Å². The number of carbonyl (C=O) groups is 1. The molecule has 0 fully saturated rings. The average molecular weight is 539 g/mol. The molecule has 2 aliphatic rings. The molecular formula is C26H27BrN4O2S. The van der Waals surface area contributed by atoms with Crippen LogP contribution in [0.4, 0.5) is 5.95 Å². The third-order valence-corrected chi connectivity index (χ3v) is 7.60. The van der Waals surface area contributed by atoms with Crippen LogP contribution >= 0.6 is 27.7 Å². The quantitative estimate of drug-likeness (QED) is 0.348. The molecule has 0 bridgehead atoms. The van der Waals surface area contributed by atoms with E-state index in [1.807, 2.05) is 22.9 Å². The highest BCUT2D eigenvalue weighted by molar-refractivity contribution is 9.10. The molecular weight excluding hydrogens is 512 g/mol. The molecule has 0 amide bonds. The highest BCUT2D eigenvalue weighted by Gasteiger charge is 2.38. The number of allylic oxidation sites excluding steroid dienone is 2. The Balaban J connectivity index is 1.57. The second-order valence-corrected chi connectivity index (χ2v) is 10.6. The monoisotopic (exact) mass is 538 g/mol. The second kappa shape index (κ2) is 9.96. The molecule has 8 heteroatoms. The number of halogens is 1. The minimum absolute atomic E-state index is 0.159. The molecule has 0 saturated heterocycles. The van der Waals surface area contributed by atoms with Gasteiger partial charge in [0.15, 0.2) is 5.78 Å². The van der Waals surface area contributed by atoms with Crippen LogP contribution in [0.5, 0.6) is 5.75 Å². The molecule has 1 atom stereocenters. The van der Waals surface area contributed by atoms with Gasteiger partial charge in [-0.2, -0.15) is 4.98 Å². The Morgan fingerprint density at radius 3 is 2.82 bits per heavy atom. The minimum Gasteiger partial charge on any atom is -0.489 e. The smallest absolute Gasteiger partial charge is 0.227 e. The van der Waals surface area contributed by atoms with Crippen molar-refractivity contribution in [1.82, 2.24) is 14.8 Å². The number of hydrogen-bond donors (Lipinski definition) is 1. The van der Waals surface area contributed by atoms with E-state index >= 15 is 0 Å². The van der Waals surface area contributed by atoms with E-state index in [1.165, 1.54) is 5.56 Å². The third kappa shape index (κ3) is 4.66. The summed E-state index contributed by atoms with van der Waals surface area (Å²) in [5, 5.41) is 8.95. The van der Waals surface area contributed by atoms with Crippen molar-refractivity contribution in [3.8, 4) is 5.75 Å². The first-order valence-electron chi connectivity index (χ1n) is 11.6.